The molecule has 0 unspecified atom stereocenters. The Labute approximate surface area is 506 Å². The van der Waals surface area contributed by atoms with Crippen LogP contribution in [0, 0.1) is 5.92 Å². The van der Waals surface area contributed by atoms with Gasteiger partial charge in [0.1, 0.15) is 23.9 Å². The summed E-state index contributed by atoms with van der Waals surface area (Å²) in [7, 11) is 3.24. The van der Waals surface area contributed by atoms with Gasteiger partial charge in [-0.3, -0.25) is 9.78 Å². The second-order valence-corrected chi connectivity index (χ2v) is 25.8. The van der Waals surface area contributed by atoms with Crippen molar-refractivity contribution in [3.63, 3.8) is 0 Å². The van der Waals surface area contributed by atoms with Crippen molar-refractivity contribution in [1.29, 1.82) is 0 Å². The number of thiazole rings is 3. The fraction of sp³-hybridized carbons (Fsp3) is 0.533. The van der Waals surface area contributed by atoms with Crippen LogP contribution in [0.5, 0.6) is 0 Å². The molecule has 460 valence electrons. The molecule has 5 rings (SSSR count). The van der Waals surface area contributed by atoms with Gasteiger partial charge in [0.15, 0.2) is 5.78 Å². The van der Waals surface area contributed by atoms with Crippen LogP contribution < -0.4 is 26.6 Å². The smallest absolute Gasteiger partial charge is 0.407 e. The molecule has 6 N–H and O–H groups in total. The minimum absolute atomic E-state index is 0.0301. The monoisotopic (exact) mass is 1220 g/mol. The van der Waals surface area contributed by atoms with Crippen LogP contribution in [-0.2, 0) is 56.3 Å². The molecular formula is C60H86N10O11S3. The van der Waals surface area contributed by atoms with E-state index in [1.807, 2.05) is 85.3 Å². The summed E-state index contributed by atoms with van der Waals surface area (Å²) in [5.41, 5.74) is 4.05. The number of carbonyl (C=O) groups is 7. The minimum atomic E-state index is -1.18. The Kier molecular flexibility index (Phi) is 28.5. The van der Waals surface area contributed by atoms with Gasteiger partial charge in [-0.25, -0.2) is 38.7 Å². The molecule has 0 aliphatic heterocycles. The molecule has 0 fully saturated rings. The first-order chi connectivity index (χ1) is 39.6. The number of rotatable bonds is 28. The number of nitrogens with zero attached hydrogens (tertiary/aromatic N) is 5. The SMILES string of the molecule is CC(C)c1nc(CN(C)C(=O)N[C@@H](CCNC(=O)OC(C)(C)C)C(=O)C[C@@H](CC[C@@H](Cc2ccccc2)NC(=O)OCc2cncs2)Cc2ccccc2)cs1.CC(C)c1nc(CN(C)C(=O)N[C@@H](CCNC(=O)OC(C)(C)C)C(=O)O)cs1. The Morgan fingerprint density at radius 1 is 0.607 bits per heavy atom. The van der Waals surface area contributed by atoms with Crippen LogP contribution in [0.2, 0.25) is 0 Å². The highest BCUT2D eigenvalue weighted by atomic mass is 32.1. The zero-order valence-electron chi connectivity index (χ0n) is 50.5. The van der Waals surface area contributed by atoms with Crippen molar-refractivity contribution in [2.75, 3.05) is 27.2 Å². The van der Waals surface area contributed by atoms with Gasteiger partial charge in [-0.2, -0.15) is 0 Å². The maximum Gasteiger partial charge on any atom is 0.407 e. The maximum absolute atomic E-state index is 14.3. The van der Waals surface area contributed by atoms with E-state index in [1.165, 1.54) is 32.5 Å². The van der Waals surface area contributed by atoms with E-state index in [-0.39, 0.29) is 75.7 Å². The van der Waals surface area contributed by atoms with Crippen LogP contribution >= 0.6 is 34.0 Å². The molecule has 0 aliphatic carbocycles. The number of carbonyl (C=O) groups excluding carboxylic acids is 6. The van der Waals surface area contributed by atoms with E-state index in [9.17, 15) is 38.7 Å². The second kappa shape index (κ2) is 34.6. The van der Waals surface area contributed by atoms with Gasteiger partial charge in [0.25, 0.3) is 0 Å². The van der Waals surface area contributed by atoms with Crippen molar-refractivity contribution in [1.82, 2.24) is 51.3 Å². The lowest BCUT2D eigenvalue weighted by molar-refractivity contribution is -0.139. The van der Waals surface area contributed by atoms with Crippen LogP contribution in [-0.4, -0.2) is 128 Å². The second-order valence-electron chi connectivity index (χ2n) is 23.0. The fourth-order valence-corrected chi connectivity index (χ4v) is 10.3. The maximum atomic E-state index is 14.3. The normalized spacial score (nSPS) is 12.8. The Hall–Kier alpha value is -7.18. The third-order valence-electron chi connectivity index (χ3n) is 12.4. The molecule has 3 heterocycles. The van der Waals surface area contributed by atoms with E-state index in [0.29, 0.717) is 31.6 Å². The van der Waals surface area contributed by atoms with Gasteiger partial charge in [-0.1, -0.05) is 88.4 Å². The molecule has 0 bridgehead atoms. The molecule has 21 nitrogen and oxygen atoms in total. The lowest BCUT2D eigenvalue weighted by atomic mass is 9.86. The number of urea groups is 2. The lowest BCUT2D eigenvalue weighted by Crippen LogP contribution is -2.48. The molecule has 0 aliphatic rings. The summed E-state index contributed by atoms with van der Waals surface area (Å²) < 4.78 is 16.0. The topological polar surface area (TPSA) is 273 Å². The first-order valence-corrected chi connectivity index (χ1v) is 30.8. The summed E-state index contributed by atoms with van der Waals surface area (Å²) in [5, 5.41) is 28.8. The highest BCUT2D eigenvalue weighted by molar-refractivity contribution is 7.10. The van der Waals surface area contributed by atoms with Crippen LogP contribution in [0.3, 0.4) is 0 Å². The van der Waals surface area contributed by atoms with Gasteiger partial charge < -0.3 is 55.7 Å². The van der Waals surface area contributed by atoms with E-state index in [2.05, 4.69) is 55.4 Å². The first-order valence-electron chi connectivity index (χ1n) is 28.1. The Morgan fingerprint density at radius 2 is 1.08 bits per heavy atom. The number of hydrogen-bond acceptors (Lipinski definition) is 16. The molecule has 5 aromatic rings. The predicted octanol–water partition coefficient (Wildman–Crippen LogP) is 11.1. The number of hydrogen-bond donors (Lipinski definition) is 6. The molecule has 2 aromatic carbocycles. The van der Waals surface area contributed by atoms with E-state index >= 15 is 0 Å². The van der Waals surface area contributed by atoms with Gasteiger partial charge in [-0.05, 0) is 97.1 Å². The standard InChI is InChI=1S/C42H56N6O6S2.C18H30N4O5S/c1-29(2)38-45-34(27-55-38)25-48(6)39(50)47-36(19-20-44-40(51)54-42(3,4)5)37(49)23-32(21-30-13-9-7-10-14-30)17-18-33(22-31-15-11-8-12-16-31)46-41(52)53-26-35-24-43-28-56-35;1-11(2)14-20-12(10-28-14)9-22(6)16(25)21-13(15(23)24)7-8-19-17(26)27-18(3,4)5/h7-16,24,27-29,32-33,36H,17-23,25-26H2,1-6H3,(H,44,51)(H,46,52)(H,47,50);10-11,13H,7-9H2,1-6H3,(H,19,26)(H,21,25)(H,23,24)/t32-,33-,36-;13-/m00/s1. The van der Waals surface area contributed by atoms with Gasteiger partial charge in [-0.15, -0.1) is 34.0 Å². The molecule has 0 saturated carbocycles. The van der Waals surface area contributed by atoms with Gasteiger partial charge in [0.2, 0.25) is 0 Å². The minimum Gasteiger partial charge on any atom is -0.480 e. The lowest BCUT2D eigenvalue weighted by Gasteiger charge is -2.26. The summed E-state index contributed by atoms with van der Waals surface area (Å²) in [6, 6.07) is 16.7. The van der Waals surface area contributed by atoms with E-state index in [4.69, 9.17) is 14.2 Å². The summed E-state index contributed by atoms with van der Waals surface area (Å²) in [5.74, 6) is -0.844. The zero-order valence-corrected chi connectivity index (χ0v) is 53.0. The molecular weight excluding hydrogens is 1130 g/mol. The number of Topliss-reactive ketones (excluding diaryl/α,β-unsaturated/α-hetero) is 1. The number of nitrogens with one attached hydrogen (secondary N) is 5. The average molecular weight is 1220 g/mol. The van der Waals surface area contributed by atoms with Gasteiger partial charge >= 0.3 is 36.3 Å². The molecule has 7 amide bonds. The molecule has 84 heavy (non-hydrogen) atoms. The van der Waals surface area contributed by atoms with Crippen LogP contribution in [0.1, 0.15) is 151 Å². The average Bonchev–Trinajstić information content (AvgIpc) is 4.35. The van der Waals surface area contributed by atoms with E-state index in [1.54, 1.807) is 78.7 Å². The molecule has 0 radical (unpaired) electrons. The van der Waals surface area contributed by atoms with Crippen molar-refractivity contribution in [2.24, 2.45) is 5.92 Å². The summed E-state index contributed by atoms with van der Waals surface area (Å²) in [4.78, 5) is 105. The zero-order chi connectivity index (χ0) is 62.0. The van der Waals surface area contributed by atoms with Crippen molar-refractivity contribution >= 4 is 76.1 Å². The third kappa shape index (κ3) is 27.5. The Morgan fingerprint density at radius 3 is 1.52 bits per heavy atom. The van der Waals surface area contributed by atoms with E-state index in [0.717, 1.165) is 37.4 Å². The summed E-state index contributed by atoms with van der Waals surface area (Å²) >= 11 is 4.51. The molecule has 4 atom stereocenters. The Balaban J connectivity index is 0.000000454. The first kappa shape index (κ1) is 69.3. The number of amides is 7. The van der Waals surface area contributed by atoms with E-state index < -0.39 is 59.6 Å². The van der Waals surface area contributed by atoms with Crippen LogP contribution in [0.4, 0.5) is 24.0 Å². The number of aromatic nitrogens is 3. The van der Waals surface area contributed by atoms with Crippen LogP contribution in [0.15, 0.2) is 83.1 Å². The molecule has 0 spiro atoms. The number of benzene rings is 2. The summed E-state index contributed by atoms with van der Waals surface area (Å²) in [6.45, 7) is 19.6. The van der Waals surface area contributed by atoms with Crippen molar-refractivity contribution in [3.05, 3.63) is 121 Å². The van der Waals surface area contributed by atoms with Crippen molar-refractivity contribution < 1.29 is 52.9 Å². The fourth-order valence-electron chi connectivity index (χ4n) is 8.18. The number of alkyl carbamates (subject to hydrolysis) is 3. The largest absolute Gasteiger partial charge is 0.480 e. The number of carboxylic acids is 1. The predicted molar refractivity (Wildman–Crippen MR) is 327 cm³/mol. The highest BCUT2D eigenvalue weighted by Gasteiger charge is 2.29. The van der Waals surface area contributed by atoms with Crippen LogP contribution in [0.25, 0.3) is 0 Å². The number of ether oxygens (including phenoxy) is 3. The Bertz CT molecular complexity index is 2820. The van der Waals surface area contributed by atoms with Gasteiger partial charge in [0.05, 0.1) is 50.9 Å². The number of carboxylic acid groups (broad SMARTS) is 1. The van der Waals surface area contributed by atoms with Crippen molar-refractivity contribution in [2.45, 2.75) is 175 Å². The third-order valence-corrected chi connectivity index (χ3v) is 15.5. The quantitative estimate of drug-likeness (QED) is 0.0254. The van der Waals surface area contributed by atoms with Crippen molar-refractivity contribution in [3.8, 4) is 0 Å². The summed E-state index contributed by atoms with van der Waals surface area (Å²) in [6.07, 6.45) is 2.72. The van der Waals surface area contributed by atoms with Gasteiger partial charge in [0, 0.05) is 68.4 Å². The molecule has 24 heteroatoms. The molecule has 0 saturated heterocycles. The number of ketones is 1. The highest BCUT2D eigenvalue weighted by Crippen LogP contribution is 2.24. The molecule has 3 aromatic heterocycles. The number of aliphatic carboxylic acids is 1.